The highest BCUT2D eigenvalue weighted by molar-refractivity contribution is 6.30. The fourth-order valence-electron chi connectivity index (χ4n) is 2.82. The molecule has 0 bridgehead atoms. The van der Waals surface area contributed by atoms with Crippen LogP contribution in [0.1, 0.15) is 29.6 Å². The van der Waals surface area contributed by atoms with Crippen LogP contribution in [0.25, 0.3) is 0 Å². The predicted molar refractivity (Wildman–Crippen MR) is 95.7 cm³/mol. The summed E-state index contributed by atoms with van der Waals surface area (Å²) < 4.78 is 10.7. The standard InChI is InChI=1S/C18H27ClN2O3/c1-23-11-4-2-3-9-21-10-12-24-14-17(21)13-20-18(22)15-5-7-16(19)8-6-15/h5-8,17H,2-4,9-14H2,1H3,(H,20,22). The number of nitrogens with one attached hydrogen (secondary N) is 1. The topological polar surface area (TPSA) is 50.8 Å². The number of carbonyl (C=O) groups is 1. The molecule has 1 aromatic rings. The van der Waals surface area contributed by atoms with Gasteiger partial charge in [0.1, 0.15) is 0 Å². The molecule has 1 atom stereocenters. The molecule has 0 saturated carbocycles. The monoisotopic (exact) mass is 354 g/mol. The molecular formula is C18H27ClN2O3. The van der Waals surface area contributed by atoms with Gasteiger partial charge >= 0.3 is 0 Å². The van der Waals surface area contributed by atoms with Crippen LogP contribution in [-0.2, 0) is 9.47 Å². The molecule has 6 heteroatoms. The zero-order valence-corrected chi connectivity index (χ0v) is 15.1. The molecule has 5 nitrogen and oxygen atoms in total. The highest BCUT2D eigenvalue weighted by atomic mass is 35.5. The molecule has 0 aliphatic carbocycles. The molecule has 0 radical (unpaired) electrons. The van der Waals surface area contributed by atoms with E-state index in [1.807, 2.05) is 0 Å². The quantitative estimate of drug-likeness (QED) is 0.692. The molecule has 1 N–H and O–H groups in total. The van der Waals surface area contributed by atoms with Gasteiger partial charge in [-0.2, -0.15) is 0 Å². The fourth-order valence-corrected chi connectivity index (χ4v) is 2.95. The number of halogens is 1. The highest BCUT2D eigenvalue weighted by Gasteiger charge is 2.23. The molecule has 24 heavy (non-hydrogen) atoms. The second kappa shape index (κ2) is 10.7. The summed E-state index contributed by atoms with van der Waals surface area (Å²) in [4.78, 5) is 14.6. The first-order valence-electron chi connectivity index (χ1n) is 8.55. The number of amides is 1. The number of hydrogen-bond acceptors (Lipinski definition) is 4. The summed E-state index contributed by atoms with van der Waals surface area (Å²) in [6, 6.07) is 7.17. The number of morpholine rings is 1. The van der Waals surface area contributed by atoms with Crippen molar-refractivity contribution in [3.05, 3.63) is 34.9 Å². The number of ether oxygens (including phenoxy) is 2. The van der Waals surface area contributed by atoms with Crippen molar-refractivity contribution in [3.8, 4) is 0 Å². The molecule has 1 aliphatic heterocycles. The molecule has 2 rings (SSSR count). The lowest BCUT2D eigenvalue weighted by Crippen LogP contribution is -2.51. The van der Waals surface area contributed by atoms with E-state index in [1.54, 1.807) is 31.4 Å². The van der Waals surface area contributed by atoms with Gasteiger partial charge in [0.05, 0.1) is 19.3 Å². The van der Waals surface area contributed by atoms with Crippen LogP contribution in [0.3, 0.4) is 0 Å². The number of rotatable bonds is 9. The van der Waals surface area contributed by atoms with Crippen LogP contribution in [0.4, 0.5) is 0 Å². The van der Waals surface area contributed by atoms with Gasteiger partial charge in [-0.15, -0.1) is 0 Å². The molecule has 1 heterocycles. The van der Waals surface area contributed by atoms with Crippen molar-refractivity contribution in [2.24, 2.45) is 0 Å². The zero-order valence-electron chi connectivity index (χ0n) is 14.3. The van der Waals surface area contributed by atoms with Crippen molar-refractivity contribution in [1.29, 1.82) is 0 Å². The molecule has 134 valence electrons. The third kappa shape index (κ3) is 6.40. The van der Waals surface area contributed by atoms with Gasteiger partial charge in [0.15, 0.2) is 0 Å². The number of benzene rings is 1. The second-order valence-corrected chi connectivity index (χ2v) is 6.47. The van der Waals surface area contributed by atoms with E-state index in [-0.39, 0.29) is 11.9 Å². The molecule has 1 saturated heterocycles. The zero-order chi connectivity index (χ0) is 17.2. The lowest BCUT2D eigenvalue weighted by molar-refractivity contribution is -0.00718. The third-order valence-electron chi connectivity index (χ3n) is 4.25. The van der Waals surface area contributed by atoms with Gasteiger partial charge in [-0.3, -0.25) is 9.69 Å². The Hall–Kier alpha value is -1.14. The average molecular weight is 355 g/mol. The highest BCUT2D eigenvalue weighted by Crippen LogP contribution is 2.11. The van der Waals surface area contributed by atoms with E-state index in [2.05, 4.69) is 10.2 Å². The number of nitrogens with zero attached hydrogens (tertiary/aromatic N) is 1. The minimum absolute atomic E-state index is 0.0720. The average Bonchev–Trinajstić information content (AvgIpc) is 2.61. The first-order valence-corrected chi connectivity index (χ1v) is 8.93. The van der Waals surface area contributed by atoms with Crippen LogP contribution in [0, 0.1) is 0 Å². The van der Waals surface area contributed by atoms with Crippen LogP contribution in [0.2, 0.25) is 5.02 Å². The molecule has 0 spiro atoms. The lowest BCUT2D eigenvalue weighted by Gasteiger charge is -2.35. The Morgan fingerprint density at radius 3 is 2.88 bits per heavy atom. The third-order valence-corrected chi connectivity index (χ3v) is 4.50. The molecule has 0 aromatic heterocycles. The minimum atomic E-state index is -0.0720. The van der Waals surface area contributed by atoms with Crippen molar-refractivity contribution in [1.82, 2.24) is 10.2 Å². The molecular weight excluding hydrogens is 328 g/mol. The van der Waals surface area contributed by atoms with Crippen LogP contribution < -0.4 is 5.32 Å². The Labute approximate surface area is 149 Å². The first-order chi connectivity index (χ1) is 11.7. The SMILES string of the molecule is COCCCCCN1CCOCC1CNC(=O)c1ccc(Cl)cc1. The summed E-state index contributed by atoms with van der Waals surface area (Å²) in [5.74, 6) is -0.0720. The maximum absolute atomic E-state index is 12.2. The number of unbranched alkanes of at least 4 members (excludes halogenated alkanes) is 2. The van der Waals surface area contributed by atoms with Crippen LogP contribution >= 0.6 is 11.6 Å². The van der Waals surface area contributed by atoms with Gasteiger partial charge in [0.25, 0.3) is 5.91 Å². The van der Waals surface area contributed by atoms with Gasteiger partial charge < -0.3 is 14.8 Å². The van der Waals surface area contributed by atoms with Crippen molar-refractivity contribution in [2.75, 3.05) is 46.6 Å². The van der Waals surface area contributed by atoms with Crippen LogP contribution in [-0.4, -0.2) is 63.4 Å². The second-order valence-electron chi connectivity index (χ2n) is 6.04. The van der Waals surface area contributed by atoms with E-state index in [0.29, 0.717) is 23.7 Å². The molecule has 1 aliphatic rings. The Balaban J connectivity index is 1.75. The van der Waals surface area contributed by atoms with E-state index < -0.39 is 0 Å². The Bertz CT molecular complexity index is 496. The first kappa shape index (κ1) is 19.2. The van der Waals surface area contributed by atoms with Gasteiger partial charge in [0.2, 0.25) is 0 Å². The normalized spacial score (nSPS) is 18.5. The minimum Gasteiger partial charge on any atom is -0.385 e. The van der Waals surface area contributed by atoms with Crippen molar-refractivity contribution < 1.29 is 14.3 Å². The Morgan fingerprint density at radius 2 is 2.12 bits per heavy atom. The van der Waals surface area contributed by atoms with Crippen LogP contribution in [0.15, 0.2) is 24.3 Å². The predicted octanol–water partition coefficient (Wildman–Crippen LogP) is 2.59. The van der Waals surface area contributed by atoms with Crippen molar-refractivity contribution in [2.45, 2.75) is 25.3 Å². The lowest BCUT2D eigenvalue weighted by atomic mass is 10.1. The van der Waals surface area contributed by atoms with Gasteiger partial charge in [0, 0.05) is 37.4 Å². The van der Waals surface area contributed by atoms with Gasteiger partial charge in [-0.1, -0.05) is 11.6 Å². The van der Waals surface area contributed by atoms with Gasteiger partial charge in [-0.05, 0) is 50.1 Å². The summed E-state index contributed by atoms with van der Waals surface area (Å²) in [5.41, 5.74) is 0.627. The number of hydrogen-bond donors (Lipinski definition) is 1. The van der Waals surface area contributed by atoms with E-state index in [1.165, 1.54) is 0 Å². The van der Waals surface area contributed by atoms with E-state index in [4.69, 9.17) is 21.1 Å². The molecule has 1 amide bonds. The van der Waals surface area contributed by atoms with E-state index in [0.717, 1.165) is 45.6 Å². The van der Waals surface area contributed by atoms with Crippen molar-refractivity contribution >= 4 is 17.5 Å². The van der Waals surface area contributed by atoms with Crippen LogP contribution in [0.5, 0.6) is 0 Å². The summed E-state index contributed by atoms with van der Waals surface area (Å²) in [6.07, 6.45) is 3.40. The number of methoxy groups -OCH3 is 1. The molecule has 1 unspecified atom stereocenters. The molecule has 1 fully saturated rings. The fraction of sp³-hybridized carbons (Fsp3) is 0.611. The summed E-state index contributed by atoms with van der Waals surface area (Å²) in [5, 5.41) is 3.64. The largest absolute Gasteiger partial charge is 0.385 e. The summed E-state index contributed by atoms with van der Waals surface area (Å²) in [6.45, 7) is 4.81. The maximum Gasteiger partial charge on any atom is 0.251 e. The Kier molecular flexibility index (Phi) is 8.53. The smallest absolute Gasteiger partial charge is 0.251 e. The maximum atomic E-state index is 12.2. The summed E-state index contributed by atoms with van der Waals surface area (Å²) >= 11 is 5.85. The van der Waals surface area contributed by atoms with E-state index in [9.17, 15) is 4.79 Å². The van der Waals surface area contributed by atoms with Gasteiger partial charge in [-0.25, -0.2) is 0 Å². The van der Waals surface area contributed by atoms with E-state index >= 15 is 0 Å². The summed E-state index contributed by atoms with van der Waals surface area (Å²) in [7, 11) is 1.74. The molecule has 1 aromatic carbocycles. The number of carbonyl (C=O) groups excluding carboxylic acids is 1. The van der Waals surface area contributed by atoms with Crippen molar-refractivity contribution in [3.63, 3.8) is 0 Å². The Morgan fingerprint density at radius 1 is 1.33 bits per heavy atom.